The molecule has 0 unspecified atom stereocenters. The summed E-state index contributed by atoms with van der Waals surface area (Å²) in [4.78, 5) is -0.135. The molecule has 112 valence electrons. The maximum Gasteiger partial charge on any atom is 0.242 e. The Kier molecular flexibility index (Phi) is 4.98. The van der Waals surface area contributed by atoms with Crippen LogP contribution in [-0.2, 0) is 16.6 Å². The lowest BCUT2D eigenvalue weighted by Gasteiger charge is -2.09. The van der Waals surface area contributed by atoms with Crippen LogP contribution in [0.25, 0.3) is 0 Å². The Labute approximate surface area is 134 Å². The van der Waals surface area contributed by atoms with Crippen molar-refractivity contribution in [1.29, 1.82) is 0 Å². The van der Waals surface area contributed by atoms with Gasteiger partial charge in [-0.05, 0) is 36.4 Å². The predicted molar refractivity (Wildman–Crippen MR) is 79.5 cm³/mol. The van der Waals surface area contributed by atoms with E-state index in [1.165, 1.54) is 18.2 Å². The number of hydrogen-bond acceptors (Lipinski definition) is 2. The van der Waals surface area contributed by atoms with Crippen molar-refractivity contribution in [2.45, 2.75) is 11.4 Å². The molecule has 0 aromatic heterocycles. The highest BCUT2D eigenvalue weighted by atomic mass is 79.9. The summed E-state index contributed by atoms with van der Waals surface area (Å²) < 4.78 is 53.5. The van der Waals surface area contributed by atoms with E-state index >= 15 is 0 Å². The summed E-state index contributed by atoms with van der Waals surface area (Å²) in [5.41, 5.74) is -0.0909. The van der Waals surface area contributed by atoms with Crippen molar-refractivity contribution in [3.05, 3.63) is 63.1 Å². The van der Waals surface area contributed by atoms with Gasteiger partial charge in [-0.2, -0.15) is 0 Å². The predicted octanol–water partition coefficient (Wildman–Crippen LogP) is 3.86. The average Bonchev–Trinajstić information content (AvgIpc) is 2.39. The highest BCUT2D eigenvalue weighted by Crippen LogP contribution is 2.25. The van der Waals surface area contributed by atoms with E-state index in [1.54, 1.807) is 0 Å². The van der Waals surface area contributed by atoms with Gasteiger partial charge in [-0.3, -0.25) is 0 Å². The first-order valence-corrected chi connectivity index (χ1v) is 8.33. The summed E-state index contributed by atoms with van der Waals surface area (Å²) in [6.07, 6.45) is 0. The molecule has 0 saturated heterocycles. The standard InChI is InChI=1S/C13H9BrClF2NO2S/c14-9-1-4-13(11(15)6-9)21(19,20)18-7-8-5-10(16)2-3-12(8)17/h1-6,18H,7H2. The van der Waals surface area contributed by atoms with Crippen molar-refractivity contribution >= 4 is 37.6 Å². The molecule has 0 amide bonds. The molecule has 8 heteroatoms. The van der Waals surface area contributed by atoms with E-state index in [4.69, 9.17) is 11.6 Å². The van der Waals surface area contributed by atoms with E-state index in [1.807, 2.05) is 0 Å². The quantitative estimate of drug-likeness (QED) is 0.853. The van der Waals surface area contributed by atoms with Crippen molar-refractivity contribution in [2.24, 2.45) is 0 Å². The minimum Gasteiger partial charge on any atom is -0.207 e. The lowest BCUT2D eigenvalue weighted by Crippen LogP contribution is -2.24. The van der Waals surface area contributed by atoms with Gasteiger partial charge in [-0.15, -0.1) is 0 Å². The molecule has 1 N–H and O–H groups in total. The van der Waals surface area contributed by atoms with Crippen molar-refractivity contribution in [3.8, 4) is 0 Å². The van der Waals surface area contributed by atoms with Gasteiger partial charge >= 0.3 is 0 Å². The zero-order valence-corrected chi connectivity index (χ0v) is 13.6. The highest BCUT2D eigenvalue weighted by molar-refractivity contribution is 9.10. The number of hydrogen-bond donors (Lipinski definition) is 1. The van der Waals surface area contributed by atoms with E-state index in [2.05, 4.69) is 20.7 Å². The molecule has 0 aliphatic heterocycles. The van der Waals surface area contributed by atoms with Gasteiger partial charge in [-0.25, -0.2) is 21.9 Å². The second-order valence-corrected chi connectivity index (χ2v) is 7.19. The normalized spacial score (nSPS) is 11.6. The zero-order valence-electron chi connectivity index (χ0n) is 10.4. The number of rotatable bonds is 4. The summed E-state index contributed by atoms with van der Waals surface area (Å²) >= 11 is 9.03. The molecule has 0 fully saturated rings. The molecule has 0 spiro atoms. The van der Waals surface area contributed by atoms with Crippen LogP contribution in [0.2, 0.25) is 5.02 Å². The Morgan fingerprint density at radius 3 is 2.52 bits per heavy atom. The van der Waals surface area contributed by atoms with E-state index in [9.17, 15) is 17.2 Å². The lowest BCUT2D eigenvalue weighted by molar-refractivity contribution is 0.567. The molecular weight excluding hydrogens is 388 g/mol. The fourth-order valence-electron chi connectivity index (χ4n) is 1.62. The first-order valence-electron chi connectivity index (χ1n) is 5.68. The van der Waals surface area contributed by atoms with Gasteiger partial charge in [0.25, 0.3) is 0 Å². The van der Waals surface area contributed by atoms with Crippen LogP contribution in [-0.4, -0.2) is 8.42 Å². The topological polar surface area (TPSA) is 46.2 Å². The molecule has 2 rings (SSSR count). The molecule has 21 heavy (non-hydrogen) atoms. The van der Waals surface area contributed by atoms with Crippen LogP contribution in [0.5, 0.6) is 0 Å². The fraction of sp³-hybridized carbons (Fsp3) is 0.0769. The summed E-state index contributed by atoms with van der Waals surface area (Å²) in [6, 6.07) is 7.09. The first kappa shape index (κ1) is 16.4. The van der Waals surface area contributed by atoms with Gasteiger partial charge < -0.3 is 0 Å². The van der Waals surface area contributed by atoms with Crippen LogP contribution in [0.3, 0.4) is 0 Å². The molecule has 3 nitrogen and oxygen atoms in total. The Morgan fingerprint density at radius 2 is 1.86 bits per heavy atom. The summed E-state index contributed by atoms with van der Waals surface area (Å²) in [5, 5.41) is 0.0246. The Hall–Kier alpha value is -1.02. The highest BCUT2D eigenvalue weighted by Gasteiger charge is 2.18. The monoisotopic (exact) mass is 395 g/mol. The van der Waals surface area contributed by atoms with Crippen molar-refractivity contribution in [2.75, 3.05) is 0 Å². The summed E-state index contributed by atoms with van der Waals surface area (Å²) in [6.45, 7) is -0.377. The molecular formula is C13H9BrClF2NO2S. The smallest absolute Gasteiger partial charge is 0.207 e. The SMILES string of the molecule is O=S(=O)(NCc1cc(F)ccc1F)c1ccc(Br)cc1Cl. The Morgan fingerprint density at radius 1 is 1.14 bits per heavy atom. The molecule has 0 bridgehead atoms. The van der Waals surface area contributed by atoms with Gasteiger partial charge in [0.05, 0.1) is 5.02 Å². The molecule has 0 aliphatic rings. The van der Waals surface area contributed by atoms with Crippen LogP contribution >= 0.6 is 27.5 Å². The number of halogens is 4. The van der Waals surface area contributed by atoms with Gasteiger partial charge in [0.1, 0.15) is 16.5 Å². The third-order valence-corrected chi connectivity index (χ3v) is 5.02. The van der Waals surface area contributed by atoms with Gasteiger partial charge in [0.2, 0.25) is 10.0 Å². The van der Waals surface area contributed by atoms with E-state index < -0.39 is 21.7 Å². The first-order chi connectivity index (χ1) is 9.79. The summed E-state index contributed by atoms with van der Waals surface area (Å²) in [7, 11) is -3.93. The zero-order chi connectivity index (χ0) is 15.6. The molecule has 2 aromatic rings. The molecule has 0 radical (unpaired) electrons. The Balaban J connectivity index is 2.24. The third kappa shape index (κ3) is 4.00. The van der Waals surface area contributed by atoms with Gasteiger partial charge in [0, 0.05) is 16.6 Å². The second-order valence-electron chi connectivity index (χ2n) is 4.14. The third-order valence-electron chi connectivity index (χ3n) is 2.64. The van der Waals surface area contributed by atoms with Gasteiger partial charge in [0.15, 0.2) is 0 Å². The number of benzene rings is 2. The number of nitrogens with one attached hydrogen (secondary N) is 1. The summed E-state index contributed by atoms with van der Waals surface area (Å²) in [5.74, 6) is -1.34. The average molecular weight is 397 g/mol. The van der Waals surface area contributed by atoms with Gasteiger partial charge in [-0.1, -0.05) is 27.5 Å². The Bertz CT molecular complexity index is 784. The van der Waals surface area contributed by atoms with Crippen molar-refractivity contribution < 1.29 is 17.2 Å². The fourth-order valence-corrected chi connectivity index (χ4v) is 3.66. The van der Waals surface area contributed by atoms with Crippen molar-refractivity contribution in [1.82, 2.24) is 4.72 Å². The molecule has 0 saturated carbocycles. The molecule has 0 atom stereocenters. The van der Waals surface area contributed by atoms with Crippen molar-refractivity contribution in [3.63, 3.8) is 0 Å². The lowest BCUT2D eigenvalue weighted by atomic mass is 10.2. The van der Waals surface area contributed by atoms with Crippen LogP contribution in [0.1, 0.15) is 5.56 Å². The second kappa shape index (κ2) is 6.39. The van der Waals surface area contributed by atoms with Crippen LogP contribution in [0.15, 0.2) is 45.8 Å². The van der Waals surface area contributed by atoms with E-state index in [0.717, 1.165) is 18.2 Å². The molecule has 0 aliphatic carbocycles. The number of sulfonamides is 1. The van der Waals surface area contributed by atoms with Crippen LogP contribution in [0.4, 0.5) is 8.78 Å². The van der Waals surface area contributed by atoms with E-state index in [0.29, 0.717) is 4.47 Å². The maximum absolute atomic E-state index is 13.4. The largest absolute Gasteiger partial charge is 0.242 e. The minimum atomic E-state index is -3.93. The minimum absolute atomic E-state index is 0.0246. The maximum atomic E-state index is 13.4. The molecule has 2 aromatic carbocycles. The molecule has 0 heterocycles. The van der Waals surface area contributed by atoms with E-state index in [-0.39, 0.29) is 22.0 Å². The van der Waals surface area contributed by atoms with Crippen LogP contribution < -0.4 is 4.72 Å². The van der Waals surface area contributed by atoms with Crippen LogP contribution in [0, 0.1) is 11.6 Å².